The molecule has 0 aromatic heterocycles. The van der Waals surface area contributed by atoms with E-state index in [0.717, 1.165) is 16.7 Å². The van der Waals surface area contributed by atoms with Crippen LogP contribution in [-0.4, -0.2) is 11.0 Å². The zero-order valence-electron chi connectivity index (χ0n) is 13.7. The van der Waals surface area contributed by atoms with Crippen molar-refractivity contribution < 1.29 is 9.90 Å². The smallest absolute Gasteiger partial charge is 0.262 e. The maximum Gasteiger partial charge on any atom is 0.262 e. The fourth-order valence-corrected chi connectivity index (χ4v) is 2.37. The highest BCUT2D eigenvalue weighted by molar-refractivity contribution is 6.31. The molecule has 0 unspecified atom stereocenters. The Bertz CT molecular complexity index is 862. The number of halogens is 1. The standard InChI is InChI=1S/C20H17ClN2O2/c1-14-5-8-17(19(21)11-14)13-23-20(25)16(12-22)4-2-3-15-6-9-18(24)10-7-15/h2-11,24H,13H2,1H3,(H,23,25)/b3-2+,16-4+. The average molecular weight is 353 g/mol. The van der Waals surface area contributed by atoms with Crippen molar-refractivity contribution in [3.05, 3.63) is 81.9 Å². The summed E-state index contributed by atoms with van der Waals surface area (Å²) < 4.78 is 0. The molecule has 0 fully saturated rings. The lowest BCUT2D eigenvalue weighted by molar-refractivity contribution is -0.117. The topological polar surface area (TPSA) is 73.1 Å². The van der Waals surface area contributed by atoms with E-state index < -0.39 is 5.91 Å². The number of nitrogens with one attached hydrogen (secondary N) is 1. The van der Waals surface area contributed by atoms with Crippen molar-refractivity contribution in [3.8, 4) is 11.8 Å². The largest absolute Gasteiger partial charge is 0.508 e. The number of benzene rings is 2. The highest BCUT2D eigenvalue weighted by Crippen LogP contribution is 2.17. The van der Waals surface area contributed by atoms with Crippen molar-refractivity contribution in [2.24, 2.45) is 0 Å². The lowest BCUT2D eigenvalue weighted by Gasteiger charge is -2.07. The van der Waals surface area contributed by atoms with Crippen molar-refractivity contribution in [2.75, 3.05) is 0 Å². The molecule has 2 aromatic carbocycles. The van der Waals surface area contributed by atoms with Crippen LogP contribution in [-0.2, 0) is 11.3 Å². The van der Waals surface area contributed by atoms with E-state index in [0.29, 0.717) is 5.02 Å². The number of allylic oxidation sites excluding steroid dienone is 2. The van der Waals surface area contributed by atoms with Gasteiger partial charge in [0.1, 0.15) is 17.4 Å². The number of aryl methyl sites for hydroxylation is 1. The van der Waals surface area contributed by atoms with Crippen LogP contribution in [0.1, 0.15) is 16.7 Å². The van der Waals surface area contributed by atoms with Gasteiger partial charge in [0.05, 0.1) is 0 Å². The van der Waals surface area contributed by atoms with Crippen LogP contribution in [0.3, 0.4) is 0 Å². The Morgan fingerprint density at radius 2 is 2.00 bits per heavy atom. The van der Waals surface area contributed by atoms with Crippen molar-refractivity contribution in [1.82, 2.24) is 5.32 Å². The fraction of sp³-hybridized carbons (Fsp3) is 0.100. The summed E-state index contributed by atoms with van der Waals surface area (Å²) in [5, 5.41) is 21.6. The maximum atomic E-state index is 12.1. The number of nitrogens with zero attached hydrogens (tertiary/aromatic N) is 1. The Kier molecular flexibility index (Phi) is 6.39. The molecule has 0 aliphatic carbocycles. The minimum absolute atomic E-state index is 0.00161. The van der Waals surface area contributed by atoms with Gasteiger partial charge in [-0.05, 0) is 47.9 Å². The maximum absolute atomic E-state index is 12.1. The number of carbonyl (C=O) groups excluding carboxylic acids is 1. The highest BCUT2D eigenvalue weighted by atomic mass is 35.5. The predicted octanol–water partition coefficient (Wildman–Crippen LogP) is 4.13. The van der Waals surface area contributed by atoms with Crippen molar-refractivity contribution >= 4 is 23.6 Å². The molecule has 2 aromatic rings. The summed E-state index contributed by atoms with van der Waals surface area (Å²) in [4.78, 5) is 12.1. The van der Waals surface area contributed by atoms with Gasteiger partial charge in [0, 0.05) is 11.6 Å². The van der Waals surface area contributed by atoms with E-state index >= 15 is 0 Å². The third-order valence-corrected chi connectivity index (χ3v) is 3.81. The molecule has 5 heteroatoms. The van der Waals surface area contributed by atoms with Crippen molar-refractivity contribution in [1.29, 1.82) is 5.26 Å². The first-order valence-corrected chi connectivity index (χ1v) is 7.98. The summed E-state index contributed by atoms with van der Waals surface area (Å²) in [6, 6.07) is 14.0. The fourth-order valence-electron chi connectivity index (χ4n) is 2.07. The molecule has 4 nitrogen and oxygen atoms in total. The van der Waals surface area contributed by atoms with E-state index in [2.05, 4.69) is 5.32 Å². The molecule has 126 valence electrons. The Morgan fingerprint density at radius 3 is 2.64 bits per heavy atom. The molecule has 0 aliphatic heterocycles. The molecule has 0 radical (unpaired) electrons. The molecular weight excluding hydrogens is 336 g/mol. The second kappa shape index (κ2) is 8.72. The monoisotopic (exact) mass is 352 g/mol. The van der Waals surface area contributed by atoms with Gasteiger partial charge in [0.25, 0.3) is 5.91 Å². The van der Waals surface area contributed by atoms with Crippen LogP contribution in [0.25, 0.3) is 6.08 Å². The number of phenolic OH excluding ortho intramolecular Hbond substituents is 1. The molecule has 25 heavy (non-hydrogen) atoms. The first-order valence-electron chi connectivity index (χ1n) is 7.60. The summed E-state index contributed by atoms with van der Waals surface area (Å²) in [6.07, 6.45) is 4.79. The molecule has 0 atom stereocenters. The van der Waals surface area contributed by atoms with Gasteiger partial charge in [0.2, 0.25) is 0 Å². The van der Waals surface area contributed by atoms with Crippen LogP contribution < -0.4 is 5.32 Å². The number of amides is 1. The normalized spacial score (nSPS) is 11.3. The van der Waals surface area contributed by atoms with E-state index in [1.807, 2.05) is 31.2 Å². The summed E-state index contributed by atoms with van der Waals surface area (Å²) in [7, 11) is 0. The van der Waals surface area contributed by atoms with Gasteiger partial charge in [-0.2, -0.15) is 5.26 Å². The van der Waals surface area contributed by atoms with Gasteiger partial charge in [0.15, 0.2) is 0 Å². The highest BCUT2D eigenvalue weighted by Gasteiger charge is 2.08. The third kappa shape index (κ3) is 5.52. The molecule has 0 aliphatic rings. The summed E-state index contributed by atoms with van der Waals surface area (Å²) in [6.45, 7) is 2.18. The Labute approximate surface area is 151 Å². The number of rotatable bonds is 5. The quantitative estimate of drug-likeness (QED) is 0.482. The van der Waals surface area contributed by atoms with E-state index in [1.54, 1.807) is 36.4 Å². The van der Waals surface area contributed by atoms with E-state index in [4.69, 9.17) is 16.9 Å². The van der Waals surface area contributed by atoms with Gasteiger partial charge in [-0.3, -0.25) is 4.79 Å². The van der Waals surface area contributed by atoms with E-state index in [9.17, 15) is 9.90 Å². The van der Waals surface area contributed by atoms with Crippen molar-refractivity contribution in [2.45, 2.75) is 13.5 Å². The Hall–Kier alpha value is -3.03. The Balaban J connectivity index is 2.00. The molecular formula is C20H17ClN2O2. The Morgan fingerprint density at radius 1 is 1.28 bits per heavy atom. The van der Waals surface area contributed by atoms with Gasteiger partial charge < -0.3 is 10.4 Å². The molecule has 1 amide bonds. The zero-order valence-corrected chi connectivity index (χ0v) is 14.4. The number of hydrogen-bond donors (Lipinski definition) is 2. The van der Waals surface area contributed by atoms with Crippen molar-refractivity contribution in [3.63, 3.8) is 0 Å². The molecule has 0 heterocycles. The first kappa shape index (κ1) is 18.3. The van der Waals surface area contributed by atoms with Gasteiger partial charge in [-0.15, -0.1) is 0 Å². The van der Waals surface area contributed by atoms with Crippen LogP contribution in [0.2, 0.25) is 5.02 Å². The van der Waals surface area contributed by atoms with Crippen LogP contribution in [0, 0.1) is 18.3 Å². The minimum Gasteiger partial charge on any atom is -0.508 e. The second-order valence-corrected chi connectivity index (χ2v) is 5.83. The van der Waals surface area contributed by atoms with Crippen LogP contribution in [0.15, 0.2) is 60.2 Å². The van der Waals surface area contributed by atoms with Crippen LogP contribution in [0.5, 0.6) is 5.75 Å². The van der Waals surface area contributed by atoms with E-state index in [1.165, 1.54) is 6.08 Å². The number of hydrogen-bond acceptors (Lipinski definition) is 3. The molecule has 2 rings (SSSR count). The van der Waals surface area contributed by atoms with Crippen LogP contribution >= 0.6 is 11.6 Å². The SMILES string of the molecule is Cc1ccc(CNC(=O)/C(C#N)=C/C=C/c2ccc(O)cc2)c(Cl)c1. The van der Waals surface area contributed by atoms with E-state index in [-0.39, 0.29) is 17.9 Å². The predicted molar refractivity (Wildman–Crippen MR) is 98.9 cm³/mol. The average Bonchev–Trinajstić information content (AvgIpc) is 2.59. The number of phenols is 1. The minimum atomic E-state index is -0.463. The molecule has 2 N–H and O–H groups in total. The molecule has 0 bridgehead atoms. The van der Waals surface area contributed by atoms with Gasteiger partial charge in [-0.1, -0.05) is 48.0 Å². The molecule has 0 saturated carbocycles. The summed E-state index contributed by atoms with van der Waals surface area (Å²) in [5.74, 6) is -0.283. The lowest BCUT2D eigenvalue weighted by atomic mass is 10.1. The lowest BCUT2D eigenvalue weighted by Crippen LogP contribution is -2.24. The van der Waals surface area contributed by atoms with Crippen LogP contribution in [0.4, 0.5) is 0 Å². The molecule has 0 saturated heterocycles. The van der Waals surface area contributed by atoms with Gasteiger partial charge in [-0.25, -0.2) is 0 Å². The zero-order chi connectivity index (χ0) is 18.2. The number of nitriles is 1. The number of aromatic hydroxyl groups is 1. The molecule has 0 spiro atoms. The number of carbonyl (C=O) groups is 1. The second-order valence-electron chi connectivity index (χ2n) is 5.42. The summed E-state index contributed by atoms with van der Waals surface area (Å²) >= 11 is 6.13. The van der Waals surface area contributed by atoms with Gasteiger partial charge >= 0.3 is 0 Å². The first-order chi connectivity index (χ1) is 12.0. The summed E-state index contributed by atoms with van der Waals surface area (Å²) in [5.41, 5.74) is 2.67. The third-order valence-electron chi connectivity index (χ3n) is 3.46.